The molecule has 0 aliphatic carbocycles. The van der Waals surface area contributed by atoms with E-state index >= 15 is 0 Å². The van der Waals surface area contributed by atoms with Crippen molar-refractivity contribution in [3.63, 3.8) is 0 Å². The molecule has 1 aromatic rings. The lowest BCUT2D eigenvalue weighted by Crippen LogP contribution is -2.31. The highest BCUT2D eigenvalue weighted by Crippen LogP contribution is 2.38. The molecule has 0 heterocycles. The minimum atomic E-state index is -0.840. The van der Waals surface area contributed by atoms with Crippen molar-refractivity contribution < 1.29 is 24.4 Å². The van der Waals surface area contributed by atoms with Crippen molar-refractivity contribution >= 4 is 23.6 Å². The van der Waals surface area contributed by atoms with Crippen LogP contribution in [0.1, 0.15) is 26.3 Å². The summed E-state index contributed by atoms with van der Waals surface area (Å²) in [6.07, 6.45) is 1.13. The van der Waals surface area contributed by atoms with Crippen LogP contribution in [-0.4, -0.2) is 39.9 Å². The number of benzene rings is 1. The second-order valence-corrected chi connectivity index (χ2v) is 4.89. The number of carbonyl (C=O) groups is 2. The van der Waals surface area contributed by atoms with Gasteiger partial charge in [0, 0.05) is 26.1 Å². The predicted molar refractivity (Wildman–Crippen MR) is 87.6 cm³/mol. The lowest BCUT2D eigenvalue weighted by molar-refractivity contribution is -0.385. The van der Waals surface area contributed by atoms with Gasteiger partial charge in [-0.05, 0) is 31.6 Å². The van der Waals surface area contributed by atoms with Crippen LogP contribution in [0.25, 0.3) is 6.08 Å². The Labute approximate surface area is 143 Å². The van der Waals surface area contributed by atoms with E-state index in [1.807, 2.05) is 0 Å². The van der Waals surface area contributed by atoms with Crippen LogP contribution >= 0.6 is 0 Å². The second kappa shape index (κ2) is 8.44. The van der Waals surface area contributed by atoms with E-state index in [-0.39, 0.29) is 11.1 Å². The SMILES string of the molecule is CCN(CC)C(=O)/C(C#N)=C/c1cc(O)c(OC(C)=O)c([N+](=O)[O-])c1. The third-order valence-corrected chi connectivity index (χ3v) is 3.23. The van der Waals surface area contributed by atoms with Crippen LogP contribution in [-0.2, 0) is 9.59 Å². The topological polar surface area (TPSA) is 134 Å². The molecular formula is C16H17N3O6. The first-order valence-electron chi connectivity index (χ1n) is 7.35. The number of nitro benzene ring substituents is 1. The summed E-state index contributed by atoms with van der Waals surface area (Å²) in [5.41, 5.74) is -0.844. The van der Waals surface area contributed by atoms with Crippen LogP contribution in [0.15, 0.2) is 17.7 Å². The van der Waals surface area contributed by atoms with Crippen LogP contribution < -0.4 is 4.74 Å². The zero-order valence-electron chi connectivity index (χ0n) is 14.0. The molecule has 0 saturated carbocycles. The Morgan fingerprint density at radius 2 is 2.00 bits per heavy atom. The molecule has 0 atom stereocenters. The second-order valence-electron chi connectivity index (χ2n) is 4.89. The molecule has 25 heavy (non-hydrogen) atoms. The molecule has 0 spiro atoms. The van der Waals surface area contributed by atoms with Gasteiger partial charge in [-0.2, -0.15) is 5.26 Å². The molecule has 1 rings (SSSR count). The van der Waals surface area contributed by atoms with E-state index in [1.54, 1.807) is 19.9 Å². The summed E-state index contributed by atoms with van der Waals surface area (Å²) in [4.78, 5) is 35.0. The number of amides is 1. The van der Waals surface area contributed by atoms with Gasteiger partial charge in [-0.1, -0.05) is 0 Å². The Balaban J connectivity index is 3.42. The van der Waals surface area contributed by atoms with Crippen LogP contribution in [0.5, 0.6) is 11.5 Å². The molecule has 1 amide bonds. The normalized spacial score (nSPS) is 10.7. The highest BCUT2D eigenvalue weighted by Gasteiger charge is 2.23. The number of hydrogen-bond donors (Lipinski definition) is 1. The van der Waals surface area contributed by atoms with Crippen molar-refractivity contribution in [1.82, 2.24) is 4.90 Å². The predicted octanol–water partition coefficient (Wildman–Crippen LogP) is 2.00. The average Bonchev–Trinajstić information content (AvgIpc) is 2.55. The highest BCUT2D eigenvalue weighted by molar-refractivity contribution is 6.01. The lowest BCUT2D eigenvalue weighted by Gasteiger charge is -2.17. The third-order valence-electron chi connectivity index (χ3n) is 3.23. The van der Waals surface area contributed by atoms with Gasteiger partial charge < -0.3 is 14.7 Å². The third kappa shape index (κ3) is 4.78. The molecule has 0 aliphatic rings. The zero-order valence-corrected chi connectivity index (χ0v) is 14.0. The molecule has 132 valence electrons. The monoisotopic (exact) mass is 347 g/mol. The van der Waals surface area contributed by atoms with Crippen molar-refractivity contribution in [3.8, 4) is 17.6 Å². The van der Waals surface area contributed by atoms with Gasteiger partial charge in [-0.15, -0.1) is 0 Å². The zero-order chi connectivity index (χ0) is 19.1. The first-order chi connectivity index (χ1) is 11.7. The Morgan fingerprint density at radius 3 is 2.44 bits per heavy atom. The maximum atomic E-state index is 12.2. The number of carbonyl (C=O) groups excluding carboxylic acids is 2. The number of rotatable bonds is 6. The van der Waals surface area contributed by atoms with E-state index in [9.17, 15) is 30.1 Å². The van der Waals surface area contributed by atoms with Gasteiger partial charge in [0.05, 0.1) is 4.92 Å². The molecular weight excluding hydrogens is 330 g/mol. The van der Waals surface area contributed by atoms with Crippen LogP contribution in [0.2, 0.25) is 0 Å². The molecule has 1 N–H and O–H groups in total. The maximum Gasteiger partial charge on any atom is 0.316 e. The Bertz CT molecular complexity index is 775. The standard InChI is InChI=1S/C16H17N3O6/c1-4-18(5-2)16(22)12(9-17)6-11-7-13(19(23)24)15(14(21)8-11)25-10(3)20/h6-8,21H,4-5H2,1-3H3/b12-6+. The fourth-order valence-electron chi connectivity index (χ4n) is 2.08. The fraction of sp³-hybridized carbons (Fsp3) is 0.312. The van der Waals surface area contributed by atoms with Gasteiger partial charge in [0.15, 0.2) is 5.75 Å². The quantitative estimate of drug-likeness (QED) is 0.208. The van der Waals surface area contributed by atoms with E-state index in [2.05, 4.69) is 4.74 Å². The average molecular weight is 347 g/mol. The van der Waals surface area contributed by atoms with Gasteiger partial charge in [-0.3, -0.25) is 19.7 Å². The minimum Gasteiger partial charge on any atom is -0.504 e. The molecule has 0 radical (unpaired) electrons. The number of aromatic hydroxyl groups is 1. The molecule has 9 heteroatoms. The number of phenolic OH excluding ortho intramolecular Hbond substituents is 1. The molecule has 9 nitrogen and oxygen atoms in total. The summed E-state index contributed by atoms with van der Waals surface area (Å²) in [5, 5.41) is 30.2. The van der Waals surface area contributed by atoms with Gasteiger partial charge >= 0.3 is 11.7 Å². The summed E-state index contributed by atoms with van der Waals surface area (Å²) in [7, 11) is 0. The van der Waals surface area contributed by atoms with E-state index in [4.69, 9.17) is 0 Å². The summed E-state index contributed by atoms with van der Waals surface area (Å²) in [5.74, 6) is -2.61. The Hall–Kier alpha value is -3.41. The molecule has 0 bridgehead atoms. The number of hydrogen-bond acceptors (Lipinski definition) is 7. The number of esters is 1. The number of phenols is 1. The van der Waals surface area contributed by atoms with E-state index < -0.39 is 34.0 Å². The van der Waals surface area contributed by atoms with Gasteiger partial charge in [-0.25, -0.2) is 0 Å². The molecule has 0 fully saturated rings. The largest absolute Gasteiger partial charge is 0.504 e. The number of likely N-dealkylation sites (N-methyl/N-ethyl adjacent to an activating group) is 1. The van der Waals surface area contributed by atoms with Crippen LogP contribution in [0.4, 0.5) is 5.69 Å². The maximum absolute atomic E-state index is 12.2. The first-order valence-corrected chi connectivity index (χ1v) is 7.35. The van der Waals surface area contributed by atoms with Crippen LogP contribution in [0.3, 0.4) is 0 Å². The van der Waals surface area contributed by atoms with E-state index in [0.717, 1.165) is 25.1 Å². The van der Waals surface area contributed by atoms with Crippen molar-refractivity contribution in [1.29, 1.82) is 5.26 Å². The van der Waals surface area contributed by atoms with Crippen molar-refractivity contribution in [3.05, 3.63) is 33.4 Å². The van der Waals surface area contributed by atoms with Crippen molar-refractivity contribution in [2.45, 2.75) is 20.8 Å². The van der Waals surface area contributed by atoms with Gasteiger partial charge in [0.1, 0.15) is 11.6 Å². The molecule has 0 aromatic heterocycles. The molecule has 1 aromatic carbocycles. The number of ether oxygens (including phenoxy) is 1. The van der Waals surface area contributed by atoms with E-state index in [1.165, 1.54) is 4.90 Å². The van der Waals surface area contributed by atoms with Gasteiger partial charge in [0.2, 0.25) is 5.75 Å². The first kappa shape index (κ1) is 19.6. The fourth-order valence-corrected chi connectivity index (χ4v) is 2.08. The van der Waals surface area contributed by atoms with Gasteiger partial charge in [0.25, 0.3) is 5.91 Å². The van der Waals surface area contributed by atoms with Crippen molar-refractivity contribution in [2.75, 3.05) is 13.1 Å². The summed E-state index contributed by atoms with van der Waals surface area (Å²) in [6, 6.07) is 3.82. The highest BCUT2D eigenvalue weighted by atomic mass is 16.6. The molecule has 0 unspecified atom stereocenters. The number of nitro groups is 1. The summed E-state index contributed by atoms with van der Waals surface area (Å²) in [6.45, 7) is 5.33. The summed E-state index contributed by atoms with van der Waals surface area (Å²) < 4.78 is 4.65. The minimum absolute atomic E-state index is 0.0529. The van der Waals surface area contributed by atoms with E-state index in [0.29, 0.717) is 13.1 Å². The molecule has 0 aliphatic heterocycles. The van der Waals surface area contributed by atoms with Crippen LogP contribution in [0, 0.1) is 21.4 Å². The number of nitrogens with zero attached hydrogens (tertiary/aromatic N) is 3. The smallest absolute Gasteiger partial charge is 0.316 e. The Kier molecular flexibility index (Phi) is 6.63. The number of nitriles is 1. The molecule has 0 saturated heterocycles. The van der Waals surface area contributed by atoms with Crippen molar-refractivity contribution in [2.24, 2.45) is 0 Å². The Morgan fingerprint density at radius 1 is 1.40 bits per heavy atom. The lowest BCUT2D eigenvalue weighted by atomic mass is 10.1. The summed E-state index contributed by atoms with van der Waals surface area (Å²) >= 11 is 0.